The van der Waals surface area contributed by atoms with E-state index in [4.69, 9.17) is 15.6 Å². The minimum Gasteiger partial charge on any atom is -0.480 e. The highest BCUT2D eigenvalue weighted by molar-refractivity contribution is 9.11. The number of ether oxygens (including phenoxy) is 1. The Morgan fingerprint density at radius 2 is 1.70 bits per heavy atom. The number of fused-ring (bicyclic) bond motifs is 1. The summed E-state index contributed by atoms with van der Waals surface area (Å²) in [6, 6.07) is 11.4. The van der Waals surface area contributed by atoms with Gasteiger partial charge in [0.2, 0.25) is 9.84 Å². The third-order valence-electron chi connectivity index (χ3n) is 4.89. The number of hydrogen-bond donors (Lipinski definition) is 3. The van der Waals surface area contributed by atoms with E-state index < -0.39 is 27.7 Å². The van der Waals surface area contributed by atoms with Crippen molar-refractivity contribution in [3.63, 3.8) is 0 Å². The van der Waals surface area contributed by atoms with Crippen LogP contribution in [0.3, 0.4) is 0 Å². The lowest BCUT2D eigenvalue weighted by molar-refractivity contribution is -0.138. The Morgan fingerprint density at radius 1 is 1.06 bits per heavy atom. The number of benzene rings is 3. The first kappa shape index (κ1) is 23.4. The molecule has 7 nitrogen and oxygen atoms in total. The van der Waals surface area contributed by atoms with Gasteiger partial charge in [0.25, 0.3) is 0 Å². The Balaban J connectivity index is 1.73. The molecule has 33 heavy (non-hydrogen) atoms. The van der Waals surface area contributed by atoms with Crippen LogP contribution in [0.15, 0.2) is 79.5 Å². The molecule has 0 spiro atoms. The number of nitrogens with one attached hydrogen (secondary N) is 1. The van der Waals surface area contributed by atoms with Gasteiger partial charge in [-0.2, -0.15) is 0 Å². The number of carboxylic acid groups (broad SMARTS) is 1. The first-order chi connectivity index (χ1) is 15.6. The van der Waals surface area contributed by atoms with Crippen LogP contribution in [0.25, 0.3) is 10.9 Å². The maximum absolute atomic E-state index is 13.2. The molecule has 1 aromatic heterocycles. The van der Waals surface area contributed by atoms with Crippen LogP contribution in [0, 0.1) is 5.82 Å². The zero-order valence-electron chi connectivity index (χ0n) is 16.6. The van der Waals surface area contributed by atoms with Crippen LogP contribution in [-0.2, 0) is 14.6 Å². The van der Waals surface area contributed by atoms with Crippen molar-refractivity contribution in [1.82, 2.24) is 4.98 Å². The van der Waals surface area contributed by atoms with Gasteiger partial charge in [0, 0.05) is 17.1 Å². The van der Waals surface area contributed by atoms with Crippen LogP contribution in [0.4, 0.5) is 4.39 Å². The van der Waals surface area contributed by atoms with Gasteiger partial charge in [-0.3, -0.25) is 4.79 Å². The van der Waals surface area contributed by atoms with Crippen LogP contribution in [-0.4, -0.2) is 24.5 Å². The molecule has 1 heterocycles. The predicted molar refractivity (Wildman–Crippen MR) is 127 cm³/mol. The van der Waals surface area contributed by atoms with Gasteiger partial charge in [0.15, 0.2) is 5.75 Å². The minimum atomic E-state index is -3.91. The minimum absolute atomic E-state index is 0.0236. The molecule has 170 valence electrons. The number of halogens is 3. The molecule has 0 radical (unpaired) electrons. The number of hydrogen-bond acceptors (Lipinski definition) is 5. The molecule has 0 unspecified atom stereocenters. The van der Waals surface area contributed by atoms with Crippen molar-refractivity contribution in [2.24, 2.45) is 5.73 Å². The van der Waals surface area contributed by atoms with Crippen LogP contribution in [0.5, 0.6) is 11.5 Å². The second-order valence-corrected chi connectivity index (χ2v) is 10.7. The molecule has 0 saturated carbocycles. The quantitative estimate of drug-likeness (QED) is 0.251. The molecule has 0 amide bonds. The summed E-state index contributed by atoms with van der Waals surface area (Å²) in [7, 11) is -3.91. The summed E-state index contributed by atoms with van der Waals surface area (Å²) in [5.74, 6) is -1.01. The summed E-state index contributed by atoms with van der Waals surface area (Å²) in [5.41, 5.74) is 6.62. The van der Waals surface area contributed by atoms with Gasteiger partial charge in [-0.25, -0.2) is 12.8 Å². The fourth-order valence-corrected chi connectivity index (χ4v) is 6.02. The summed E-state index contributed by atoms with van der Waals surface area (Å²) in [6.07, 6.45) is 1.38. The standard InChI is InChI=1S/C22H15Br2FN2O5S/c23-16-7-11(20(26)22(28)29)8-17(24)21(16)32-13-3-6-18-15(9-13)19(10-27-18)33(30,31)14-4-1-12(25)2-5-14/h1-10,20,27H,26H2,(H,28,29)/t20-/m0/s1. The van der Waals surface area contributed by atoms with Crippen molar-refractivity contribution < 1.29 is 27.4 Å². The van der Waals surface area contributed by atoms with Gasteiger partial charge in [-0.15, -0.1) is 0 Å². The number of aromatic amines is 1. The van der Waals surface area contributed by atoms with Crippen molar-refractivity contribution in [1.29, 1.82) is 0 Å². The van der Waals surface area contributed by atoms with E-state index in [0.29, 0.717) is 36.9 Å². The van der Waals surface area contributed by atoms with E-state index >= 15 is 0 Å². The van der Waals surface area contributed by atoms with Crippen molar-refractivity contribution in [2.45, 2.75) is 15.8 Å². The Labute approximate surface area is 204 Å². The van der Waals surface area contributed by atoms with Gasteiger partial charge in [0.05, 0.1) is 18.7 Å². The van der Waals surface area contributed by atoms with Gasteiger partial charge >= 0.3 is 5.97 Å². The molecule has 0 aliphatic rings. The summed E-state index contributed by atoms with van der Waals surface area (Å²) in [4.78, 5) is 14.1. The van der Waals surface area contributed by atoms with Crippen LogP contribution in [0.2, 0.25) is 0 Å². The lowest BCUT2D eigenvalue weighted by Gasteiger charge is -2.14. The van der Waals surface area contributed by atoms with Crippen LogP contribution >= 0.6 is 31.9 Å². The van der Waals surface area contributed by atoms with Crippen LogP contribution < -0.4 is 10.5 Å². The zero-order valence-corrected chi connectivity index (χ0v) is 20.5. The number of aromatic nitrogens is 1. The molecule has 4 N–H and O–H groups in total. The number of carboxylic acids is 1. The number of carbonyl (C=O) groups is 1. The number of H-pyrrole nitrogens is 1. The molecule has 0 aliphatic carbocycles. The first-order valence-electron chi connectivity index (χ1n) is 9.35. The topological polar surface area (TPSA) is 122 Å². The van der Waals surface area contributed by atoms with Gasteiger partial charge in [-0.1, -0.05) is 0 Å². The van der Waals surface area contributed by atoms with Crippen molar-refractivity contribution in [2.75, 3.05) is 0 Å². The summed E-state index contributed by atoms with van der Waals surface area (Å²) in [5, 5.41) is 9.53. The SMILES string of the molecule is N[C@H](C(=O)O)c1cc(Br)c(Oc2ccc3[nH]cc(S(=O)(=O)c4ccc(F)cc4)c3c2)c(Br)c1. The number of aliphatic carboxylic acids is 1. The molecule has 0 aliphatic heterocycles. The maximum Gasteiger partial charge on any atom is 0.325 e. The number of rotatable bonds is 6. The maximum atomic E-state index is 13.2. The first-order valence-corrected chi connectivity index (χ1v) is 12.4. The van der Waals surface area contributed by atoms with E-state index in [1.54, 1.807) is 18.2 Å². The lowest BCUT2D eigenvalue weighted by atomic mass is 10.1. The molecule has 0 bridgehead atoms. The molecule has 4 aromatic rings. The monoisotopic (exact) mass is 596 g/mol. The molecule has 0 fully saturated rings. The molecule has 4 rings (SSSR count). The normalized spacial score (nSPS) is 12.6. The lowest BCUT2D eigenvalue weighted by Crippen LogP contribution is -2.20. The van der Waals surface area contributed by atoms with Gasteiger partial charge in [0.1, 0.15) is 17.6 Å². The Morgan fingerprint density at radius 3 is 2.30 bits per heavy atom. The third kappa shape index (κ3) is 4.54. The second-order valence-electron chi connectivity index (χ2n) is 7.05. The van der Waals surface area contributed by atoms with E-state index in [1.807, 2.05) is 0 Å². The highest BCUT2D eigenvalue weighted by atomic mass is 79.9. The average molecular weight is 598 g/mol. The third-order valence-corrected chi connectivity index (χ3v) is 7.88. The molecule has 3 aromatic carbocycles. The Hall–Kier alpha value is -2.73. The number of nitrogens with two attached hydrogens (primary N) is 1. The van der Waals surface area contributed by atoms with E-state index in [1.165, 1.54) is 30.5 Å². The summed E-state index contributed by atoms with van der Waals surface area (Å²) >= 11 is 6.72. The fourth-order valence-electron chi connectivity index (χ4n) is 3.22. The smallest absolute Gasteiger partial charge is 0.325 e. The van der Waals surface area contributed by atoms with E-state index in [2.05, 4.69) is 36.8 Å². The Bertz CT molecular complexity index is 1460. The highest BCUT2D eigenvalue weighted by Gasteiger charge is 2.23. The largest absolute Gasteiger partial charge is 0.480 e. The molecule has 1 atom stereocenters. The fraction of sp³-hybridized carbons (Fsp3) is 0.0455. The molecule has 0 saturated heterocycles. The van der Waals surface area contributed by atoms with Gasteiger partial charge < -0.3 is 20.6 Å². The molecule has 11 heteroatoms. The van der Waals surface area contributed by atoms with Crippen molar-refractivity contribution >= 4 is 58.6 Å². The summed E-state index contributed by atoms with van der Waals surface area (Å²) in [6.45, 7) is 0. The van der Waals surface area contributed by atoms with Crippen molar-refractivity contribution in [3.8, 4) is 11.5 Å². The highest BCUT2D eigenvalue weighted by Crippen LogP contribution is 2.40. The van der Waals surface area contributed by atoms with E-state index in [-0.39, 0.29) is 9.79 Å². The molecular formula is C22H15Br2FN2O5S. The average Bonchev–Trinajstić information content (AvgIpc) is 3.20. The predicted octanol–water partition coefficient (Wildman–Crippen LogP) is 5.54. The van der Waals surface area contributed by atoms with E-state index in [0.717, 1.165) is 12.1 Å². The van der Waals surface area contributed by atoms with Crippen molar-refractivity contribution in [3.05, 3.63) is 81.1 Å². The van der Waals surface area contributed by atoms with Crippen LogP contribution in [0.1, 0.15) is 11.6 Å². The Kier molecular flexibility index (Phi) is 6.32. The van der Waals surface area contributed by atoms with Gasteiger partial charge in [-0.05, 0) is 92.0 Å². The second kappa shape index (κ2) is 8.90. The molecular weight excluding hydrogens is 583 g/mol. The zero-order chi connectivity index (χ0) is 23.9. The summed E-state index contributed by atoms with van der Waals surface area (Å²) < 4.78 is 46.3. The number of sulfone groups is 1. The van der Waals surface area contributed by atoms with E-state index in [9.17, 15) is 17.6 Å².